The van der Waals surface area contributed by atoms with Gasteiger partial charge in [0.2, 0.25) is 5.91 Å². The van der Waals surface area contributed by atoms with Crippen molar-refractivity contribution in [3.8, 4) is 6.07 Å². The zero-order valence-corrected chi connectivity index (χ0v) is 17.1. The summed E-state index contributed by atoms with van der Waals surface area (Å²) in [5.41, 5.74) is 10.9. The number of piperidine rings is 1. The van der Waals surface area contributed by atoms with Crippen LogP contribution in [-0.2, 0) is 9.53 Å². The highest BCUT2D eigenvalue weighted by Crippen LogP contribution is 2.40. The first kappa shape index (κ1) is 18.9. The average Bonchev–Trinajstić information content (AvgIpc) is 3.41. The number of primary amides is 1. The number of aromatic nitrogens is 2. The third-order valence-corrected chi connectivity index (χ3v) is 6.65. The second-order valence-electron chi connectivity index (χ2n) is 8.33. The summed E-state index contributed by atoms with van der Waals surface area (Å²) in [5.74, 6) is 0.986. The average molecular weight is 403 g/mol. The second-order valence-corrected chi connectivity index (χ2v) is 8.33. The van der Waals surface area contributed by atoms with Gasteiger partial charge >= 0.3 is 0 Å². The molecule has 2 N–H and O–H groups in total. The first-order chi connectivity index (χ1) is 14.6. The Morgan fingerprint density at radius 3 is 2.70 bits per heavy atom. The zero-order chi connectivity index (χ0) is 20.8. The van der Waals surface area contributed by atoms with Crippen LogP contribution >= 0.6 is 0 Å². The largest absolute Gasteiger partial charge is 0.381 e. The number of nitrogens with zero attached hydrogens (tertiary/aromatic N) is 4. The number of hydrogen-bond donors (Lipinski definition) is 1. The van der Waals surface area contributed by atoms with Gasteiger partial charge in [0.05, 0.1) is 23.2 Å². The maximum absolute atomic E-state index is 11.7. The van der Waals surface area contributed by atoms with Crippen molar-refractivity contribution in [2.75, 3.05) is 31.2 Å². The first-order valence-electron chi connectivity index (χ1n) is 10.6. The van der Waals surface area contributed by atoms with Gasteiger partial charge in [0, 0.05) is 31.5 Å². The highest BCUT2D eigenvalue weighted by atomic mass is 16.5. The molecule has 2 aliphatic rings. The summed E-state index contributed by atoms with van der Waals surface area (Å²) in [6.45, 7) is 4.97. The third kappa shape index (κ3) is 2.83. The lowest BCUT2D eigenvalue weighted by Gasteiger charge is -2.35. The van der Waals surface area contributed by atoms with E-state index in [9.17, 15) is 10.1 Å². The summed E-state index contributed by atoms with van der Waals surface area (Å²) >= 11 is 0. The number of benzene rings is 1. The van der Waals surface area contributed by atoms with Gasteiger partial charge in [-0.25, -0.2) is 4.98 Å². The SMILES string of the molecule is Cc1c(C2CCOC2)c(C#N)c2nc3ccccc3n2c1N1CCC(C(N)=O)CC1. The van der Waals surface area contributed by atoms with Gasteiger partial charge < -0.3 is 15.4 Å². The highest BCUT2D eigenvalue weighted by molar-refractivity contribution is 5.86. The molecule has 2 aromatic heterocycles. The van der Waals surface area contributed by atoms with E-state index in [1.807, 2.05) is 24.3 Å². The van der Waals surface area contributed by atoms with Crippen molar-refractivity contribution < 1.29 is 9.53 Å². The molecule has 0 spiro atoms. The topological polar surface area (TPSA) is 96.7 Å². The molecule has 0 saturated carbocycles. The molecule has 7 nitrogen and oxygen atoms in total. The van der Waals surface area contributed by atoms with Crippen molar-refractivity contribution in [3.63, 3.8) is 0 Å². The third-order valence-electron chi connectivity index (χ3n) is 6.65. The summed E-state index contributed by atoms with van der Waals surface area (Å²) in [4.78, 5) is 18.8. The maximum Gasteiger partial charge on any atom is 0.220 e. The number of pyridine rings is 1. The van der Waals surface area contributed by atoms with E-state index in [1.165, 1.54) is 0 Å². The lowest BCUT2D eigenvalue weighted by Crippen LogP contribution is -2.39. The molecule has 1 aromatic carbocycles. The van der Waals surface area contributed by atoms with Gasteiger partial charge in [-0.3, -0.25) is 9.20 Å². The van der Waals surface area contributed by atoms with Gasteiger partial charge in [0.15, 0.2) is 5.65 Å². The number of nitriles is 1. The van der Waals surface area contributed by atoms with Crippen LogP contribution in [0.5, 0.6) is 0 Å². The van der Waals surface area contributed by atoms with Crippen LogP contribution in [0.1, 0.15) is 41.9 Å². The molecule has 0 bridgehead atoms. The number of ether oxygens (including phenoxy) is 1. The van der Waals surface area contributed by atoms with Crippen molar-refractivity contribution in [2.24, 2.45) is 11.7 Å². The van der Waals surface area contributed by atoms with E-state index in [2.05, 4.69) is 22.3 Å². The minimum atomic E-state index is -0.215. The van der Waals surface area contributed by atoms with Gasteiger partial charge in [0.25, 0.3) is 0 Å². The molecule has 154 valence electrons. The molecule has 5 rings (SSSR count). The standard InChI is InChI=1S/C23H25N5O2/c1-14-20(16-8-11-30-13-16)17(12-24)22-26-18-4-2-3-5-19(18)28(22)23(14)27-9-6-15(7-10-27)21(25)29/h2-5,15-16H,6-11,13H2,1H3,(H2,25,29). The highest BCUT2D eigenvalue weighted by Gasteiger charge is 2.32. The van der Waals surface area contributed by atoms with E-state index in [0.29, 0.717) is 17.8 Å². The van der Waals surface area contributed by atoms with Crippen LogP contribution in [0.15, 0.2) is 24.3 Å². The summed E-state index contributed by atoms with van der Waals surface area (Å²) < 4.78 is 7.79. The van der Waals surface area contributed by atoms with Crippen LogP contribution in [-0.4, -0.2) is 41.6 Å². The molecule has 3 aromatic rings. The number of carbonyl (C=O) groups is 1. The molecule has 0 radical (unpaired) electrons. The molecule has 30 heavy (non-hydrogen) atoms. The summed E-state index contributed by atoms with van der Waals surface area (Å²) in [7, 11) is 0. The number of imidazole rings is 1. The number of anilines is 1. The van der Waals surface area contributed by atoms with Crippen LogP contribution < -0.4 is 10.6 Å². The van der Waals surface area contributed by atoms with Gasteiger partial charge in [0.1, 0.15) is 11.9 Å². The van der Waals surface area contributed by atoms with E-state index < -0.39 is 0 Å². The predicted octanol–water partition coefficient (Wildman–Crippen LogP) is 2.87. The number of hydrogen-bond acceptors (Lipinski definition) is 5. The predicted molar refractivity (Wildman–Crippen MR) is 114 cm³/mol. The molecule has 0 aliphatic carbocycles. The molecular formula is C23H25N5O2. The van der Waals surface area contributed by atoms with E-state index >= 15 is 0 Å². The number of fused-ring (bicyclic) bond motifs is 3. The summed E-state index contributed by atoms with van der Waals surface area (Å²) in [6, 6.07) is 10.5. The molecular weight excluding hydrogens is 378 g/mol. The van der Waals surface area contributed by atoms with Crippen molar-refractivity contribution in [1.29, 1.82) is 5.26 Å². The number of nitrogens with two attached hydrogens (primary N) is 1. The Morgan fingerprint density at radius 2 is 2.03 bits per heavy atom. The van der Waals surface area contributed by atoms with Crippen LogP contribution in [0.2, 0.25) is 0 Å². The Balaban J connectivity index is 1.77. The van der Waals surface area contributed by atoms with Crippen molar-refractivity contribution >= 4 is 28.4 Å². The van der Waals surface area contributed by atoms with E-state index in [1.54, 1.807) is 0 Å². The van der Waals surface area contributed by atoms with Gasteiger partial charge in [-0.05, 0) is 49.4 Å². The molecule has 7 heteroatoms. The fraction of sp³-hybridized carbons (Fsp3) is 0.435. The van der Waals surface area contributed by atoms with Crippen LogP contribution in [0, 0.1) is 24.2 Å². The molecule has 1 atom stereocenters. The van der Waals surface area contributed by atoms with Crippen LogP contribution in [0.25, 0.3) is 16.7 Å². The van der Waals surface area contributed by atoms with Crippen molar-refractivity contribution in [2.45, 2.75) is 32.1 Å². The second kappa shape index (κ2) is 7.29. The van der Waals surface area contributed by atoms with Gasteiger partial charge in [-0.15, -0.1) is 0 Å². The van der Waals surface area contributed by atoms with Crippen molar-refractivity contribution in [1.82, 2.24) is 9.38 Å². The van der Waals surface area contributed by atoms with Gasteiger partial charge in [-0.2, -0.15) is 5.26 Å². The zero-order valence-electron chi connectivity index (χ0n) is 17.1. The smallest absolute Gasteiger partial charge is 0.220 e. The lowest BCUT2D eigenvalue weighted by atomic mass is 9.89. The molecule has 2 fully saturated rings. The number of para-hydroxylation sites is 2. The number of carbonyl (C=O) groups excluding carboxylic acids is 1. The molecule has 1 amide bonds. The minimum absolute atomic E-state index is 0.0716. The Kier molecular flexibility index (Phi) is 4.59. The fourth-order valence-corrected chi connectivity index (χ4v) is 5.14. The number of amides is 1. The van der Waals surface area contributed by atoms with Crippen LogP contribution in [0.3, 0.4) is 0 Å². The lowest BCUT2D eigenvalue weighted by molar-refractivity contribution is -0.122. The first-order valence-corrected chi connectivity index (χ1v) is 10.6. The molecule has 4 heterocycles. The minimum Gasteiger partial charge on any atom is -0.381 e. The quantitative estimate of drug-likeness (QED) is 0.725. The van der Waals surface area contributed by atoms with Gasteiger partial charge in [-0.1, -0.05) is 12.1 Å². The monoisotopic (exact) mass is 403 g/mol. The van der Waals surface area contributed by atoms with E-state index in [-0.39, 0.29) is 17.7 Å². The Hall–Kier alpha value is -3.11. The molecule has 2 saturated heterocycles. The molecule has 2 aliphatic heterocycles. The fourth-order valence-electron chi connectivity index (χ4n) is 5.14. The number of rotatable bonds is 3. The van der Waals surface area contributed by atoms with E-state index in [0.717, 1.165) is 66.9 Å². The normalized spacial score (nSPS) is 20.1. The Bertz CT molecular complexity index is 1180. The summed E-state index contributed by atoms with van der Waals surface area (Å²) in [6.07, 6.45) is 2.39. The Morgan fingerprint density at radius 1 is 1.27 bits per heavy atom. The summed E-state index contributed by atoms with van der Waals surface area (Å²) in [5, 5.41) is 10.1. The van der Waals surface area contributed by atoms with Crippen molar-refractivity contribution in [3.05, 3.63) is 41.0 Å². The maximum atomic E-state index is 11.7. The molecule has 1 unspecified atom stereocenters. The van der Waals surface area contributed by atoms with Crippen LogP contribution in [0.4, 0.5) is 5.82 Å². The van der Waals surface area contributed by atoms with E-state index in [4.69, 9.17) is 15.5 Å². The Labute approximate surface area is 175 Å².